The predicted molar refractivity (Wildman–Crippen MR) is 84.8 cm³/mol. The van der Waals surface area contributed by atoms with Crippen LogP contribution in [0.5, 0.6) is 5.75 Å². The standard InChI is InChI=1S/C18H27NO2/c1-5-19-17(15-8-12(2)20-11-15)13-6-7-16-14(9-13)10-18(3,4)21-16/h6-7,9,12,15,17,19H,5,8,10-11H2,1-4H3. The molecule has 3 unspecified atom stereocenters. The third-order valence-electron chi connectivity index (χ3n) is 4.57. The van der Waals surface area contributed by atoms with Gasteiger partial charge in [0.15, 0.2) is 0 Å². The summed E-state index contributed by atoms with van der Waals surface area (Å²) >= 11 is 0. The molecule has 0 saturated carbocycles. The van der Waals surface area contributed by atoms with Crippen molar-refractivity contribution in [2.45, 2.75) is 58.3 Å². The van der Waals surface area contributed by atoms with E-state index in [4.69, 9.17) is 9.47 Å². The maximum atomic E-state index is 5.99. The van der Waals surface area contributed by atoms with Gasteiger partial charge in [-0.3, -0.25) is 0 Å². The van der Waals surface area contributed by atoms with Gasteiger partial charge in [0.05, 0.1) is 12.7 Å². The summed E-state index contributed by atoms with van der Waals surface area (Å²) in [6, 6.07) is 7.08. The Morgan fingerprint density at radius 3 is 2.86 bits per heavy atom. The van der Waals surface area contributed by atoms with Gasteiger partial charge in [-0.2, -0.15) is 0 Å². The van der Waals surface area contributed by atoms with Gasteiger partial charge in [0, 0.05) is 18.4 Å². The lowest BCUT2D eigenvalue weighted by Gasteiger charge is -2.24. The van der Waals surface area contributed by atoms with Crippen molar-refractivity contribution in [1.82, 2.24) is 5.32 Å². The normalized spacial score (nSPS) is 28.2. The molecular weight excluding hydrogens is 262 g/mol. The van der Waals surface area contributed by atoms with E-state index in [1.807, 2.05) is 0 Å². The summed E-state index contributed by atoms with van der Waals surface area (Å²) in [4.78, 5) is 0. The molecule has 116 valence electrons. The maximum Gasteiger partial charge on any atom is 0.123 e. The summed E-state index contributed by atoms with van der Waals surface area (Å²) in [6.45, 7) is 10.5. The number of nitrogens with one attached hydrogen (secondary N) is 1. The highest BCUT2D eigenvalue weighted by Gasteiger charge is 2.33. The van der Waals surface area contributed by atoms with E-state index >= 15 is 0 Å². The SMILES string of the molecule is CCNC(c1ccc2c(c1)CC(C)(C)O2)C1COC(C)C1. The lowest BCUT2D eigenvalue weighted by Crippen LogP contribution is -2.28. The first-order chi connectivity index (χ1) is 9.98. The van der Waals surface area contributed by atoms with Crippen molar-refractivity contribution >= 4 is 0 Å². The molecule has 0 amide bonds. The fourth-order valence-electron chi connectivity index (χ4n) is 3.68. The third-order valence-corrected chi connectivity index (χ3v) is 4.57. The van der Waals surface area contributed by atoms with Crippen LogP contribution < -0.4 is 10.1 Å². The molecule has 1 fully saturated rings. The van der Waals surface area contributed by atoms with Crippen LogP contribution in [-0.2, 0) is 11.2 Å². The van der Waals surface area contributed by atoms with E-state index in [0.717, 1.165) is 31.7 Å². The zero-order chi connectivity index (χ0) is 15.0. The van der Waals surface area contributed by atoms with E-state index < -0.39 is 0 Å². The van der Waals surface area contributed by atoms with Crippen molar-refractivity contribution < 1.29 is 9.47 Å². The Bertz CT molecular complexity index is 512. The first-order valence-electron chi connectivity index (χ1n) is 8.15. The van der Waals surface area contributed by atoms with Crippen LogP contribution in [0.2, 0.25) is 0 Å². The molecule has 1 aromatic carbocycles. The average molecular weight is 289 g/mol. The Labute approximate surface area is 128 Å². The van der Waals surface area contributed by atoms with Crippen molar-refractivity contribution in [2.75, 3.05) is 13.2 Å². The number of fused-ring (bicyclic) bond motifs is 1. The van der Waals surface area contributed by atoms with Gasteiger partial charge >= 0.3 is 0 Å². The van der Waals surface area contributed by atoms with Crippen molar-refractivity contribution in [2.24, 2.45) is 5.92 Å². The number of ether oxygens (including phenoxy) is 2. The summed E-state index contributed by atoms with van der Waals surface area (Å²) in [5.74, 6) is 1.61. The molecule has 0 spiro atoms. The summed E-state index contributed by atoms with van der Waals surface area (Å²) in [5, 5.41) is 3.65. The first-order valence-corrected chi connectivity index (χ1v) is 8.15. The zero-order valence-corrected chi connectivity index (χ0v) is 13.6. The molecule has 1 aromatic rings. The maximum absolute atomic E-state index is 5.99. The largest absolute Gasteiger partial charge is 0.487 e. The Balaban J connectivity index is 1.84. The molecule has 0 aromatic heterocycles. The molecule has 0 aliphatic carbocycles. The minimum absolute atomic E-state index is 0.0698. The van der Waals surface area contributed by atoms with Crippen LogP contribution in [0.1, 0.15) is 51.3 Å². The quantitative estimate of drug-likeness (QED) is 0.920. The molecule has 3 atom stereocenters. The van der Waals surface area contributed by atoms with Gasteiger partial charge in [-0.15, -0.1) is 0 Å². The topological polar surface area (TPSA) is 30.5 Å². The Kier molecular flexibility index (Phi) is 3.98. The molecular formula is C18H27NO2. The molecule has 21 heavy (non-hydrogen) atoms. The van der Waals surface area contributed by atoms with Crippen LogP contribution in [0.3, 0.4) is 0 Å². The molecule has 1 saturated heterocycles. The molecule has 1 N–H and O–H groups in total. The highest BCUT2D eigenvalue weighted by atomic mass is 16.5. The zero-order valence-electron chi connectivity index (χ0n) is 13.6. The Hall–Kier alpha value is -1.06. The van der Waals surface area contributed by atoms with E-state index in [0.29, 0.717) is 18.1 Å². The predicted octanol–water partition coefficient (Wildman–Crippen LogP) is 3.48. The molecule has 3 nitrogen and oxygen atoms in total. The third kappa shape index (κ3) is 3.09. The molecule has 3 heteroatoms. The fraction of sp³-hybridized carbons (Fsp3) is 0.667. The second-order valence-corrected chi connectivity index (χ2v) is 7.08. The summed E-state index contributed by atoms with van der Waals surface area (Å²) in [7, 11) is 0. The van der Waals surface area contributed by atoms with Crippen molar-refractivity contribution in [3.63, 3.8) is 0 Å². The molecule has 0 radical (unpaired) electrons. The molecule has 2 aliphatic heterocycles. The lowest BCUT2D eigenvalue weighted by molar-refractivity contribution is 0.117. The van der Waals surface area contributed by atoms with Crippen LogP contribution in [0, 0.1) is 5.92 Å². The van der Waals surface area contributed by atoms with E-state index in [1.54, 1.807) is 0 Å². The molecule has 3 rings (SSSR count). The number of hydrogen-bond acceptors (Lipinski definition) is 3. The first kappa shape index (κ1) is 14.9. The smallest absolute Gasteiger partial charge is 0.123 e. The second-order valence-electron chi connectivity index (χ2n) is 7.08. The lowest BCUT2D eigenvalue weighted by atomic mass is 9.89. The van der Waals surface area contributed by atoms with Gasteiger partial charge in [0.25, 0.3) is 0 Å². The number of rotatable bonds is 4. The van der Waals surface area contributed by atoms with E-state index in [2.05, 4.69) is 51.2 Å². The number of benzene rings is 1. The Morgan fingerprint density at radius 1 is 1.38 bits per heavy atom. The van der Waals surface area contributed by atoms with E-state index in [-0.39, 0.29) is 5.60 Å². The van der Waals surface area contributed by atoms with Gasteiger partial charge in [0.2, 0.25) is 0 Å². The van der Waals surface area contributed by atoms with Crippen LogP contribution >= 0.6 is 0 Å². The van der Waals surface area contributed by atoms with Crippen LogP contribution in [-0.4, -0.2) is 24.9 Å². The van der Waals surface area contributed by atoms with Gasteiger partial charge < -0.3 is 14.8 Å². The average Bonchev–Trinajstić information content (AvgIpc) is 2.96. The highest BCUT2D eigenvalue weighted by molar-refractivity contribution is 5.43. The molecule has 0 bridgehead atoms. The van der Waals surface area contributed by atoms with Gasteiger partial charge in [-0.1, -0.05) is 19.1 Å². The van der Waals surface area contributed by atoms with Crippen molar-refractivity contribution in [1.29, 1.82) is 0 Å². The summed E-state index contributed by atoms with van der Waals surface area (Å²) < 4.78 is 11.8. The van der Waals surface area contributed by atoms with Crippen molar-refractivity contribution in [3.8, 4) is 5.75 Å². The fourth-order valence-corrected chi connectivity index (χ4v) is 3.68. The molecule has 2 heterocycles. The second kappa shape index (κ2) is 5.62. The minimum atomic E-state index is -0.0698. The summed E-state index contributed by atoms with van der Waals surface area (Å²) in [5.41, 5.74) is 2.64. The summed E-state index contributed by atoms with van der Waals surface area (Å²) in [6.07, 6.45) is 2.51. The number of hydrogen-bond donors (Lipinski definition) is 1. The van der Waals surface area contributed by atoms with Crippen LogP contribution in [0.25, 0.3) is 0 Å². The van der Waals surface area contributed by atoms with E-state index in [9.17, 15) is 0 Å². The monoisotopic (exact) mass is 289 g/mol. The van der Waals surface area contributed by atoms with Gasteiger partial charge in [-0.25, -0.2) is 0 Å². The van der Waals surface area contributed by atoms with Crippen LogP contribution in [0.15, 0.2) is 18.2 Å². The van der Waals surface area contributed by atoms with Crippen molar-refractivity contribution in [3.05, 3.63) is 29.3 Å². The Morgan fingerprint density at radius 2 is 2.19 bits per heavy atom. The minimum Gasteiger partial charge on any atom is -0.487 e. The highest BCUT2D eigenvalue weighted by Crippen LogP contribution is 2.38. The van der Waals surface area contributed by atoms with Gasteiger partial charge in [-0.05, 0) is 50.9 Å². The van der Waals surface area contributed by atoms with Gasteiger partial charge in [0.1, 0.15) is 11.4 Å². The molecule has 2 aliphatic rings. The van der Waals surface area contributed by atoms with Crippen LogP contribution in [0.4, 0.5) is 0 Å². The van der Waals surface area contributed by atoms with E-state index in [1.165, 1.54) is 11.1 Å².